The lowest BCUT2D eigenvalue weighted by Gasteiger charge is -2.61. The SMILES string of the molecule is CC1CC2=CCC(CN3CC4(CC(Nc5ccc(-c6cc(F)ccc6Cl)nn5)C4)C3)(C2)C1. The van der Waals surface area contributed by atoms with E-state index in [-0.39, 0.29) is 5.82 Å². The molecule has 32 heavy (non-hydrogen) atoms. The third-order valence-corrected chi connectivity index (χ3v) is 8.40. The zero-order valence-corrected chi connectivity index (χ0v) is 19.3. The molecule has 1 aliphatic heterocycles. The Morgan fingerprint density at radius 1 is 1.16 bits per heavy atom. The Morgan fingerprint density at radius 3 is 2.78 bits per heavy atom. The molecule has 6 rings (SSSR count). The number of hydrogen-bond acceptors (Lipinski definition) is 4. The number of benzene rings is 1. The molecule has 2 heterocycles. The first-order valence-electron chi connectivity index (χ1n) is 11.9. The molecule has 3 fully saturated rings. The highest BCUT2D eigenvalue weighted by atomic mass is 35.5. The molecule has 2 saturated carbocycles. The molecule has 1 saturated heterocycles. The average molecular weight is 453 g/mol. The van der Waals surface area contributed by atoms with Crippen molar-refractivity contribution in [2.24, 2.45) is 16.7 Å². The first-order valence-corrected chi connectivity index (χ1v) is 12.2. The Morgan fingerprint density at radius 2 is 2.00 bits per heavy atom. The van der Waals surface area contributed by atoms with Crippen molar-refractivity contribution in [1.29, 1.82) is 0 Å². The van der Waals surface area contributed by atoms with Crippen molar-refractivity contribution in [3.05, 3.63) is 52.8 Å². The molecule has 2 atom stereocenters. The van der Waals surface area contributed by atoms with Crippen molar-refractivity contribution in [3.63, 3.8) is 0 Å². The summed E-state index contributed by atoms with van der Waals surface area (Å²) < 4.78 is 13.5. The molecule has 6 heteroatoms. The predicted octanol–water partition coefficient (Wildman–Crippen LogP) is 5.95. The van der Waals surface area contributed by atoms with Gasteiger partial charge in [-0.1, -0.05) is 30.2 Å². The van der Waals surface area contributed by atoms with Crippen molar-refractivity contribution >= 4 is 17.4 Å². The lowest BCUT2D eigenvalue weighted by Crippen LogP contribution is -2.66. The van der Waals surface area contributed by atoms with Crippen LogP contribution in [0.15, 0.2) is 42.0 Å². The van der Waals surface area contributed by atoms with Gasteiger partial charge >= 0.3 is 0 Å². The van der Waals surface area contributed by atoms with Crippen molar-refractivity contribution in [2.75, 3.05) is 25.0 Å². The van der Waals surface area contributed by atoms with Gasteiger partial charge < -0.3 is 10.2 Å². The minimum Gasteiger partial charge on any atom is -0.366 e. The van der Waals surface area contributed by atoms with E-state index in [0.29, 0.717) is 33.2 Å². The third kappa shape index (κ3) is 3.73. The van der Waals surface area contributed by atoms with Crippen molar-refractivity contribution in [2.45, 2.75) is 51.5 Å². The van der Waals surface area contributed by atoms with Gasteiger partial charge in [-0.3, -0.25) is 0 Å². The number of nitrogens with one attached hydrogen (secondary N) is 1. The molecule has 3 aliphatic carbocycles. The van der Waals surface area contributed by atoms with Crippen LogP contribution in [-0.4, -0.2) is 40.8 Å². The van der Waals surface area contributed by atoms with Crippen LogP contribution in [0.4, 0.5) is 10.2 Å². The minimum atomic E-state index is -0.329. The second kappa shape index (κ2) is 7.53. The molecule has 1 aromatic heterocycles. The average Bonchev–Trinajstić information content (AvgIpc) is 3.01. The van der Waals surface area contributed by atoms with Crippen LogP contribution in [-0.2, 0) is 0 Å². The summed E-state index contributed by atoms with van der Waals surface area (Å²) in [6, 6.07) is 8.52. The number of allylic oxidation sites excluding steroid dienone is 2. The highest BCUT2D eigenvalue weighted by Gasteiger charge is 2.54. The summed E-state index contributed by atoms with van der Waals surface area (Å²) >= 11 is 6.18. The van der Waals surface area contributed by atoms with Gasteiger partial charge in [-0.2, -0.15) is 0 Å². The highest BCUT2D eigenvalue weighted by Crippen LogP contribution is 2.54. The Kier molecular flexibility index (Phi) is 4.85. The van der Waals surface area contributed by atoms with Gasteiger partial charge in [0.2, 0.25) is 0 Å². The van der Waals surface area contributed by atoms with Crippen molar-refractivity contribution in [1.82, 2.24) is 15.1 Å². The van der Waals surface area contributed by atoms with Gasteiger partial charge in [-0.15, -0.1) is 10.2 Å². The monoisotopic (exact) mass is 452 g/mol. The maximum atomic E-state index is 13.5. The van der Waals surface area contributed by atoms with Crippen LogP contribution in [0.25, 0.3) is 11.3 Å². The van der Waals surface area contributed by atoms with Gasteiger partial charge in [0.1, 0.15) is 11.6 Å². The van der Waals surface area contributed by atoms with E-state index in [1.165, 1.54) is 70.3 Å². The van der Waals surface area contributed by atoms with E-state index in [1.54, 1.807) is 11.6 Å². The summed E-state index contributed by atoms with van der Waals surface area (Å²) in [4.78, 5) is 2.71. The number of nitrogens with zero attached hydrogens (tertiary/aromatic N) is 3. The Bertz CT molecular complexity index is 1050. The van der Waals surface area contributed by atoms with Gasteiger partial charge in [-0.25, -0.2) is 4.39 Å². The molecule has 1 aromatic carbocycles. The summed E-state index contributed by atoms with van der Waals surface area (Å²) in [7, 11) is 0. The third-order valence-electron chi connectivity index (χ3n) is 8.07. The summed E-state index contributed by atoms with van der Waals surface area (Å²) in [6.07, 6.45) is 10.3. The first-order chi connectivity index (χ1) is 15.4. The number of fused-ring (bicyclic) bond motifs is 2. The fourth-order valence-electron chi connectivity index (χ4n) is 7.03. The number of anilines is 1. The molecule has 1 N–H and O–H groups in total. The summed E-state index contributed by atoms with van der Waals surface area (Å²) in [6.45, 7) is 6.21. The summed E-state index contributed by atoms with van der Waals surface area (Å²) in [5.74, 6) is 1.30. The summed E-state index contributed by atoms with van der Waals surface area (Å²) in [5.41, 5.74) is 3.92. The van der Waals surface area contributed by atoms with Crippen LogP contribution >= 0.6 is 11.6 Å². The van der Waals surface area contributed by atoms with Gasteiger partial charge in [0.05, 0.1) is 10.7 Å². The van der Waals surface area contributed by atoms with E-state index < -0.39 is 0 Å². The van der Waals surface area contributed by atoms with Crippen LogP contribution in [0.3, 0.4) is 0 Å². The summed E-state index contributed by atoms with van der Waals surface area (Å²) in [5, 5.41) is 12.6. The smallest absolute Gasteiger partial charge is 0.148 e. The fourth-order valence-corrected chi connectivity index (χ4v) is 7.25. The van der Waals surface area contributed by atoms with Crippen molar-refractivity contribution < 1.29 is 4.39 Å². The molecule has 4 aliphatic rings. The molecule has 4 nitrogen and oxygen atoms in total. The van der Waals surface area contributed by atoms with Crippen LogP contribution in [0.1, 0.15) is 45.4 Å². The maximum Gasteiger partial charge on any atom is 0.148 e. The quantitative estimate of drug-likeness (QED) is 0.569. The largest absolute Gasteiger partial charge is 0.366 e. The molecule has 2 bridgehead atoms. The number of likely N-dealkylation sites (tertiary alicyclic amines) is 1. The number of aromatic nitrogens is 2. The standard InChI is InChI=1S/C26H30ClFN4/c1-17-8-18-6-7-25(10-17,11-18)14-32-15-26(16-32)12-20(13-26)29-24-5-4-23(30-31-24)21-9-19(28)2-3-22(21)27/h2-6,9,17,20H,7-8,10-16H2,1H3,(H,29,31). The zero-order chi connectivity index (χ0) is 21.9. The van der Waals surface area contributed by atoms with E-state index in [2.05, 4.69) is 33.4 Å². The topological polar surface area (TPSA) is 41.0 Å². The van der Waals surface area contributed by atoms with Crippen LogP contribution in [0.5, 0.6) is 0 Å². The van der Waals surface area contributed by atoms with Crippen LogP contribution in [0, 0.1) is 22.6 Å². The molecular formula is C26H30ClFN4. The maximum absolute atomic E-state index is 13.5. The van der Waals surface area contributed by atoms with Crippen molar-refractivity contribution in [3.8, 4) is 11.3 Å². The Balaban J connectivity index is 1.00. The lowest BCUT2D eigenvalue weighted by atomic mass is 9.60. The molecule has 0 radical (unpaired) electrons. The molecule has 2 aromatic rings. The number of hydrogen-bond donors (Lipinski definition) is 1. The zero-order valence-electron chi connectivity index (χ0n) is 18.6. The van der Waals surface area contributed by atoms with Crippen LogP contribution < -0.4 is 5.32 Å². The number of halogens is 2. The van der Waals surface area contributed by atoms with E-state index in [1.807, 2.05) is 12.1 Å². The molecule has 0 amide bonds. The molecule has 1 spiro atoms. The van der Waals surface area contributed by atoms with Gasteiger partial charge in [0, 0.05) is 31.2 Å². The fraction of sp³-hybridized carbons (Fsp3) is 0.538. The second-order valence-corrected chi connectivity index (χ2v) is 11.5. The molecular weight excluding hydrogens is 423 g/mol. The Hall–Kier alpha value is -1.98. The normalized spacial score (nSPS) is 28.8. The first kappa shape index (κ1) is 20.6. The lowest BCUT2D eigenvalue weighted by molar-refractivity contribution is -0.0866. The highest BCUT2D eigenvalue weighted by molar-refractivity contribution is 6.33. The van der Waals surface area contributed by atoms with E-state index in [4.69, 9.17) is 11.6 Å². The predicted molar refractivity (Wildman–Crippen MR) is 126 cm³/mol. The van der Waals surface area contributed by atoms with E-state index in [0.717, 1.165) is 11.7 Å². The minimum absolute atomic E-state index is 0.329. The van der Waals surface area contributed by atoms with E-state index >= 15 is 0 Å². The molecule has 168 valence electrons. The van der Waals surface area contributed by atoms with Gasteiger partial charge in [-0.05, 0) is 85.6 Å². The van der Waals surface area contributed by atoms with Gasteiger partial charge in [0.15, 0.2) is 0 Å². The van der Waals surface area contributed by atoms with Gasteiger partial charge in [0.25, 0.3) is 0 Å². The van der Waals surface area contributed by atoms with Crippen LogP contribution in [0.2, 0.25) is 5.02 Å². The Labute approximate surface area is 194 Å². The number of rotatable bonds is 5. The second-order valence-electron chi connectivity index (χ2n) is 11.1. The molecule has 2 unspecified atom stereocenters. The van der Waals surface area contributed by atoms with E-state index in [9.17, 15) is 4.39 Å².